The Kier molecular flexibility index (Phi) is 2.06. The van der Waals surface area contributed by atoms with Gasteiger partial charge in [-0.25, -0.2) is 0 Å². The molecule has 0 saturated carbocycles. The fraction of sp³-hybridized carbons (Fsp3) is 0.385. The summed E-state index contributed by atoms with van der Waals surface area (Å²) in [6, 6.07) is 8.19. The largest absolute Gasteiger partial charge is 0.312 e. The highest BCUT2D eigenvalue weighted by Gasteiger charge is 2.35. The Balaban J connectivity index is 1.86. The number of hydrogen-bond donors (Lipinski definition) is 1. The molecular weight excluding hydrogens is 200 g/mol. The van der Waals surface area contributed by atoms with Crippen molar-refractivity contribution in [3.8, 4) is 0 Å². The molecule has 0 fully saturated rings. The summed E-state index contributed by atoms with van der Waals surface area (Å²) < 4.78 is 0. The number of fused-ring (bicyclic) bond motifs is 1. The van der Waals surface area contributed by atoms with Crippen molar-refractivity contribution in [1.82, 2.24) is 5.32 Å². The minimum Gasteiger partial charge on any atom is -0.312 e. The number of carbonyl (C=O) groups is 1. The van der Waals surface area contributed by atoms with Gasteiger partial charge in [-0.1, -0.05) is 31.2 Å². The van der Waals surface area contributed by atoms with E-state index in [0.717, 1.165) is 18.7 Å². The molecule has 0 bridgehead atoms. The molecule has 1 aliphatic heterocycles. The Morgan fingerprint density at radius 3 is 2.94 bits per heavy atom. The molecule has 2 unspecified atom stereocenters. The summed E-state index contributed by atoms with van der Waals surface area (Å²) in [6.07, 6.45) is 1.79. The third-order valence-corrected chi connectivity index (χ3v) is 3.42. The first kappa shape index (κ1) is 9.58. The molecule has 0 saturated heterocycles. The minimum absolute atomic E-state index is 0.0573. The number of benzene rings is 1. The SMILES string of the molecule is CCC1N=C(C2Cc3ccccc32)NC1=O. The van der Waals surface area contributed by atoms with E-state index in [0.29, 0.717) is 5.92 Å². The highest BCUT2D eigenvalue weighted by atomic mass is 16.2. The van der Waals surface area contributed by atoms with Crippen LogP contribution in [0.5, 0.6) is 0 Å². The molecule has 3 heteroatoms. The van der Waals surface area contributed by atoms with Crippen molar-refractivity contribution in [1.29, 1.82) is 0 Å². The number of carbonyl (C=O) groups excluding carboxylic acids is 1. The molecule has 3 nitrogen and oxygen atoms in total. The van der Waals surface area contributed by atoms with Gasteiger partial charge in [0.25, 0.3) is 0 Å². The fourth-order valence-electron chi connectivity index (χ4n) is 2.42. The Bertz CT molecular complexity index is 479. The molecule has 0 radical (unpaired) electrons. The third kappa shape index (κ3) is 1.28. The van der Waals surface area contributed by atoms with Gasteiger partial charge in [0.15, 0.2) is 0 Å². The molecule has 1 heterocycles. The molecule has 1 aromatic carbocycles. The van der Waals surface area contributed by atoms with Crippen LogP contribution in [0.2, 0.25) is 0 Å². The van der Waals surface area contributed by atoms with Crippen molar-refractivity contribution in [2.75, 3.05) is 0 Å². The lowest BCUT2D eigenvalue weighted by molar-refractivity contribution is -0.120. The number of nitrogens with zero attached hydrogens (tertiary/aromatic N) is 1. The van der Waals surface area contributed by atoms with Gasteiger partial charge in [0.2, 0.25) is 5.91 Å². The van der Waals surface area contributed by atoms with Gasteiger partial charge in [0.05, 0.1) is 0 Å². The second kappa shape index (κ2) is 3.44. The number of amides is 1. The quantitative estimate of drug-likeness (QED) is 0.798. The van der Waals surface area contributed by atoms with Crippen molar-refractivity contribution >= 4 is 11.7 Å². The fourth-order valence-corrected chi connectivity index (χ4v) is 2.42. The van der Waals surface area contributed by atoms with Gasteiger partial charge in [0.1, 0.15) is 11.9 Å². The first-order valence-corrected chi connectivity index (χ1v) is 5.76. The maximum atomic E-state index is 11.5. The summed E-state index contributed by atoms with van der Waals surface area (Å²) >= 11 is 0. The molecule has 1 aliphatic carbocycles. The smallest absolute Gasteiger partial charge is 0.250 e. The van der Waals surface area contributed by atoms with Gasteiger partial charge in [-0.3, -0.25) is 9.79 Å². The first-order valence-electron chi connectivity index (χ1n) is 5.76. The molecule has 0 spiro atoms. The number of amidine groups is 1. The number of rotatable bonds is 2. The molecule has 16 heavy (non-hydrogen) atoms. The van der Waals surface area contributed by atoms with Crippen LogP contribution in [0, 0.1) is 0 Å². The highest BCUT2D eigenvalue weighted by molar-refractivity contribution is 6.09. The second-order valence-corrected chi connectivity index (χ2v) is 4.38. The summed E-state index contributed by atoms with van der Waals surface area (Å²) in [7, 11) is 0. The van der Waals surface area contributed by atoms with Crippen LogP contribution >= 0.6 is 0 Å². The number of hydrogen-bond acceptors (Lipinski definition) is 2. The lowest BCUT2D eigenvalue weighted by Crippen LogP contribution is -2.36. The lowest BCUT2D eigenvalue weighted by Gasteiger charge is -2.29. The van der Waals surface area contributed by atoms with Crippen LogP contribution < -0.4 is 5.32 Å². The summed E-state index contributed by atoms with van der Waals surface area (Å²) in [4.78, 5) is 16.0. The normalized spacial score (nSPS) is 26.8. The second-order valence-electron chi connectivity index (χ2n) is 4.38. The van der Waals surface area contributed by atoms with Gasteiger partial charge in [-0.2, -0.15) is 0 Å². The molecule has 3 rings (SSSR count). The molecular formula is C13H14N2O. The average Bonchev–Trinajstić information content (AvgIpc) is 2.61. The third-order valence-electron chi connectivity index (χ3n) is 3.42. The summed E-state index contributed by atoms with van der Waals surface area (Å²) in [5.74, 6) is 1.24. The lowest BCUT2D eigenvalue weighted by atomic mass is 9.77. The van der Waals surface area contributed by atoms with Crippen molar-refractivity contribution in [2.24, 2.45) is 4.99 Å². The monoisotopic (exact) mass is 214 g/mol. The Labute approximate surface area is 94.6 Å². The standard InChI is InChI=1S/C13H14N2O/c1-2-11-13(16)15-12(14-11)10-7-8-5-3-4-6-9(8)10/h3-6,10-11H,2,7H2,1H3,(H,14,15,16). The van der Waals surface area contributed by atoms with E-state index in [9.17, 15) is 4.79 Å². The first-order chi connectivity index (χ1) is 7.79. The van der Waals surface area contributed by atoms with Crippen LogP contribution in [0.4, 0.5) is 0 Å². The zero-order chi connectivity index (χ0) is 11.1. The van der Waals surface area contributed by atoms with Crippen molar-refractivity contribution < 1.29 is 4.79 Å². The van der Waals surface area contributed by atoms with E-state index in [4.69, 9.17) is 0 Å². The molecule has 1 aromatic rings. The van der Waals surface area contributed by atoms with E-state index in [1.165, 1.54) is 11.1 Å². The van der Waals surface area contributed by atoms with Crippen LogP contribution in [0.3, 0.4) is 0 Å². The van der Waals surface area contributed by atoms with E-state index in [1.807, 2.05) is 13.0 Å². The van der Waals surface area contributed by atoms with Gasteiger partial charge >= 0.3 is 0 Å². The molecule has 1 N–H and O–H groups in total. The summed E-state index contributed by atoms with van der Waals surface area (Å²) in [5, 5.41) is 2.91. The zero-order valence-corrected chi connectivity index (χ0v) is 9.23. The van der Waals surface area contributed by atoms with Gasteiger partial charge in [-0.05, 0) is 24.0 Å². The van der Waals surface area contributed by atoms with E-state index < -0.39 is 0 Å². The molecule has 82 valence electrons. The van der Waals surface area contributed by atoms with Crippen LogP contribution in [0.15, 0.2) is 29.3 Å². The minimum atomic E-state index is -0.164. The van der Waals surface area contributed by atoms with E-state index in [2.05, 4.69) is 28.5 Å². The molecule has 0 aromatic heterocycles. The number of nitrogens with one attached hydrogen (secondary N) is 1. The number of aliphatic imine (C=N–C) groups is 1. The van der Waals surface area contributed by atoms with Crippen LogP contribution in [-0.2, 0) is 11.2 Å². The van der Waals surface area contributed by atoms with Crippen LogP contribution in [-0.4, -0.2) is 17.8 Å². The average molecular weight is 214 g/mol. The Morgan fingerprint density at radius 1 is 1.44 bits per heavy atom. The highest BCUT2D eigenvalue weighted by Crippen LogP contribution is 2.36. The van der Waals surface area contributed by atoms with Crippen molar-refractivity contribution in [3.63, 3.8) is 0 Å². The topological polar surface area (TPSA) is 41.5 Å². The Morgan fingerprint density at radius 2 is 2.25 bits per heavy atom. The van der Waals surface area contributed by atoms with Crippen LogP contribution in [0.25, 0.3) is 0 Å². The van der Waals surface area contributed by atoms with Gasteiger partial charge < -0.3 is 5.32 Å². The summed E-state index contributed by atoms with van der Waals surface area (Å²) in [6.45, 7) is 1.99. The molecule has 2 atom stereocenters. The maximum absolute atomic E-state index is 11.5. The Hall–Kier alpha value is -1.64. The molecule has 1 amide bonds. The van der Waals surface area contributed by atoms with Gasteiger partial charge in [-0.15, -0.1) is 0 Å². The van der Waals surface area contributed by atoms with E-state index in [-0.39, 0.29) is 11.9 Å². The van der Waals surface area contributed by atoms with Gasteiger partial charge in [0, 0.05) is 5.92 Å². The maximum Gasteiger partial charge on any atom is 0.250 e. The molecule has 2 aliphatic rings. The van der Waals surface area contributed by atoms with Crippen molar-refractivity contribution in [3.05, 3.63) is 35.4 Å². The predicted molar refractivity (Wildman–Crippen MR) is 62.5 cm³/mol. The van der Waals surface area contributed by atoms with Crippen molar-refractivity contribution in [2.45, 2.75) is 31.7 Å². The predicted octanol–water partition coefficient (Wildman–Crippen LogP) is 1.63. The van der Waals surface area contributed by atoms with Crippen LogP contribution in [0.1, 0.15) is 30.4 Å². The zero-order valence-electron chi connectivity index (χ0n) is 9.23. The van der Waals surface area contributed by atoms with E-state index >= 15 is 0 Å². The van der Waals surface area contributed by atoms with E-state index in [1.54, 1.807) is 0 Å². The summed E-state index contributed by atoms with van der Waals surface area (Å²) in [5.41, 5.74) is 2.70.